The van der Waals surface area contributed by atoms with Crippen molar-refractivity contribution in [3.63, 3.8) is 0 Å². The van der Waals surface area contributed by atoms with E-state index in [2.05, 4.69) is 20.6 Å². The quantitative estimate of drug-likeness (QED) is 0.488. The van der Waals surface area contributed by atoms with Crippen LogP contribution in [0.25, 0.3) is 0 Å². The Balaban J connectivity index is 1.72. The molecule has 2 aromatic carbocycles. The summed E-state index contributed by atoms with van der Waals surface area (Å²) in [5.74, 6) is 3.06. The van der Waals surface area contributed by atoms with E-state index >= 15 is 0 Å². The Morgan fingerprint density at radius 3 is 2.23 bits per heavy atom. The molecule has 0 aliphatic heterocycles. The van der Waals surface area contributed by atoms with Gasteiger partial charge in [-0.05, 0) is 31.0 Å². The number of nitrogens with zero attached hydrogens (tertiary/aromatic N) is 2. The van der Waals surface area contributed by atoms with E-state index in [4.69, 9.17) is 14.2 Å². The van der Waals surface area contributed by atoms with Gasteiger partial charge in [-0.3, -0.25) is 0 Å². The molecule has 0 radical (unpaired) electrons. The first-order valence-corrected chi connectivity index (χ1v) is 9.46. The predicted octanol–water partition coefficient (Wildman–Crippen LogP) is 3.91. The molecule has 0 aliphatic rings. The van der Waals surface area contributed by atoms with Crippen molar-refractivity contribution in [2.75, 3.05) is 38.5 Å². The molecule has 1 heterocycles. The molecule has 0 fully saturated rings. The van der Waals surface area contributed by atoms with Gasteiger partial charge in [0.05, 0.1) is 21.3 Å². The van der Waals surface area contributed by atoms with Crippen molar-refractivity contribution in [1.29, 1.82) is 0 Å². The van der Waals surface area contributed by atoms with E-state index < -0.39 is 0 Å². The Labute approximate surface area is 175 Å². The predicted molar refractivity (Wildman–Crippen MR) is 116 cm³/mol. The van der Waals surface area contributed by atoms with Crippen LogP contribution >= 0.6 is 0 Å². The number of aromatic nitrogens is 2. The van der Waals surface area contributed by atoms with Crippen molar-refractivity contribution in [1.82, 2.24) is 9.97 Å². The number of ether oxygens (including phenoxy) is 3. The van der Waals surface area contributed by atoms with E-state index in [1.54, 1.807) is 51.8 Å². The van der Waals surface area contributed by atoms with Crippen LogP contribution in [-0.2, 0) is 6.42 Å². The molecular formula is C22H26N4O4. The number of phenolic OH excluding ortho intramolecular Hbond substituents is 1. The van der Waals surface area contributed by atoms with Gasteiger partial charge in [-0.2, -0.15) is 4.98 Å². The second-order valence-electron chi connectivity index (χ2n) is 6.61. The SMILES string of the molecule is COc1cc(Nc2ncc(C)c(NCCc3ccc(O)cc3)n2)cc(OC)c1OC. The maximum absolute atomic E-state index is 9.38. The van der Waals surface area contributed by atoms with Crippen molar-refractivity contribution in [3.05, 3.63) is 53.7 Å². The van der Waals surface area contributed by atoms with E-state index in [1.807, 2.05) is 19.1 Å². The first kappa shape index (κ1) is 21.0. The Kier molecular flexibility index (Phi) is 6.79. The number of phenols is 1. The number of benzene rings is 2. The van der Waals surface area contributed by atoms with Crippen molar-refractivity contribution in [2.45, 2.75) is 13.3 Å². The van der Waals surface area contributed by atoms with Gasteiger partial charge in [0.25, 0.3) is 0 Å². The highest BCUT2D eigenvalue weighted by Crippen LogP contribution is 2.40. The number of aryl methyl sites for hydroxylation is 1. The molecule has 1 aromatic heterocycles. The fourth-order valence-electron chi connectivity index (χ4n) is 2.95. The van der Waals surface area contributed by atoms with E-state index in [0.717, 1.165) is 23.4 Å². The second-order valence-corrected chi connectivity index (χ2v) is 6.61. The van der Waals surface area contributed by atoms with Crippen LogP contribution in [0.5, 0.6) is 23.0 Å². The normalized spacial score (nSPS) is 10.4. The van der Waals surface area contributed by atoms with Gasteiger partial charge in [-0.15, -0.1) is 0 Å². The number of anilines is 3. The minimum absolute atomic E-state index is 0.265. The van der Waals surface area contributed by atoms with Gasteiger partial charge in [0.1, 0.15) is 11.6 Å². The van der Waals surface area contributed by atoms with E-state index in [-0.39, 0.29) is 5.75 Å². The molecule has 0 unspecified atom stereocenters. The van der Waals surface area contributed by atoms with Crippen LogP contribution in [0, 0.1) is 6.92 Å². The van der Waals surface area contributed by atoms with Gasteiger partial charge in [0, 0.05) is 36.1 Å². The molecule has 30 heavy (non-hydrogen) atoms. The summed E-state index contributed by atoms with van der Waals surface area (Å²) in [4.78, 5) is 8.94. The van der Waals surface area contributed by atoms with Crippen LogP contribution in [0.3, 0.4) is 0 Å². The molecule has 0 bridgehead atoms. The molecule has 0 amide bonds. The number of rotatable bonds is 9. The second kappa shape index (κ2) is 9.69. The smallest absolute Gasteiger partial charge is 0.229 e. The summed E-state index contributed by atoms with van der Waals surface area (Å²) in [6.07, 6.45) is 2.57. The summed E-state index contributed by atoms with van der Waals surface area (Å²) < 4.78 is 16.1. The third-order valence-corrected chi connectivity index (χ3v) is 4.54. The fraction of sp³-hybridized carbons (Fsp3) is 0.273. The maximum Gasteiger partial charge on any atom is 0.229 e. The molecular weight excluding hydrogens is 384 g/mol. The van der Waals surface area contributed by atoms with E-state index in [1.165, 1.54) is 0 Å². The summed E-state index contributed by atoms with van der Waals surface area (Å²) in [6, 6.07) is 10.8. The number of aromatic hydroxyl groups is 1. The van der Waals surface area contributed by atoms with Crippen molar-refractivity contribution < 1.29 is 19.3 Å². The zero-order valence-electron chi connectivity index (χ0n) is 17.5. The third kappa shape index (κ3) is 5.02. The highest BCUT2D eigenvalue weighted by atomic mass is 16.5. The lowest BCUT2D eigenvalue weighted by molar-refractivity contribution is 0.324. The molecule has 0 saturated heterocycles. The number of methoxy groups -OCH3 is 3. The third-order valence-electron chi connectivity index (χ3n) is 4.54. The van der Waals surface area contributed by atoms with Crippen molar-refractivity contribution in [3.8, 4) is 23.0 Å². The Hall–Kier alpha value is -3.68. The monoisotopic (exact) mass is 410 g/mol. The lowest BCUT2D eigenvalue weighted by Crippen LogP contribution is -2.09. The van der Waals surface area contributed by atoms with Gasteiger partial charge in [-0.25, -0.2) is 4.98 Å². The largest absolute Gasteiger partial charge is 0.508 e. The first-order valence-electron chi connectivity index (χ1n) is 9.46. The van der Waals surface area contributed by atoms with Crippen molar-refractivity contribution >= 4 is 17.5 Å². The molecule has 3 rings (SSSR count). The maximum atomic E-state index is 9.38. The molecule has 0 aliphatic carbocycles. The summed E-state index contributed by atoms with van der Waals surface area (Å²) in [6.45, 7) is 2.65. The highest BCUT2D eigenvalue weighted by Gasteiger charge is 2.14. The van der Waals surface area contributed by atoms with Gasteiger partial charge in [-0.1, -0.05) is 12.1 Å². The Morgan fingerprint density at radius 2 is 1.63 bits per heavy atom. The Bertz CT molecular complexity index is 968. The zero-order chi connectivity index (χ0) is 21.5. The summed E-state index contributed by atoms with van der Waals surface area (Å²) in [5, 5.41) is 15.9. The van der Waals surface area contributed by atoms with Crippen LogP contribution in [0.2, 0.25) is 0 Å². The standard InChI is InChI=1S/C22H26N4O4/c1-14-13-24-22(25-16-11-18(28-2)20(30-4)19(12-16)29-3)26-21(14)23-10-9-15-5-7-17(27)8-6-15/h5-8,11-13,27H,9-10H2,1-4H3,(H2,23,24,25,26). The van der Waals surface area contributed by atoms with Crippen LogP contribution in [0.15, 0.2) is 42.6 Å². The first-order chi connectivity index (χ1) is 14.5. The minimum Gasteiger partial charge on any atom is -0.508 e. The van der Waals surface area contributed by atoms with Crippen LogP contribution < -0.4 is 24.8 Å². The molecule has 8 nitrogen and oxygen atoms in total. The van der Waals surface area contributed by atoms with Crippen molar-refractivity contribution in [2.24, 2.45) is 0 Å². The average molecular weight is 410 g/mol. The molecule has 0 saturated carbocycles. The number of hydrogen-bond acceptors (Lipinski definition) is 8. The summed E-state index contributed by atoms with van der Waals surface area (Å²) in [7, 11) is 4.70. The lowest BCUT2D eigenvalue weighted by atomic mass is 10.1. The van der Waals surface area contributed by atoms with Crippen LogP contribution in [-0.4, -0.2) is 42.9 Å². The van der Waals surface area contributed by atoms with E-state index in [0.29, 0.717) is 35.4 Å². The van der Waals surface area contributed by atoms with Crippen LogP contribution in [0.4, 0.5) is 17.5 Å². The highest BCUT2D eigenvalue weighted by molar-refractivity contribution is 5.66. The van der Waals surface area contributed by atoms with E-state index in [9.17, 15) is 5.11 Å². The molecule has 8 heteroatoms. The zero-order valence-corrected chi connectivity index (χ0v) is 17.5. The average Bonchev–Trinajstić information content (AvgIpc) is 2.76. The molecule has 3 aromatic rings. The van der Waals surface area contributed by atoms with Crippen LogP contribution in [0.1, 0.15) is 11.1 Å². The molecule has 3 N–H and O–H groups in total. The minimum atomic E-state index is 0.265. The molecule has 0 spiro atoms. The van der Waals surface area contributed by atoms with Gasteiger partial charge >= 0.3 is 0 Å². The number of hydrogen-bond donors (Lipinski definition) is 3. The molecule has 158 valence electrons. The molecule has 0 atom stereocenters. The Morgan fingerprint density at radius 1 is 0.967 bits per heavy atom. The summed E-state index contributed by atoms with van der Waals surface area (Å²) in [5.41, 5.74) is 2.78. The van der Waals surface area contributed by atoms with Gasteiger partial charge in [0.2, 0.25) is 11.7 Å². The topological polar surface area (TPSA) is 97.8 Å². The van der Waals surface area contributed by atoms with Gasteiger partial charge < -0.3 is 30.0 Å². The number of nitrogens with one attached hydrogen (secondary N) is 2. The fourth-order valence-corrected chi connectivity index (χ4v) is 2.95. The van der Waals surface area contributed by atoms with Gasteiger partial charge in [0.15, 0.2) is 11.5 Å². The lowest BCUT2D eigenvalue weighted by Gasteiger charge is -2.15. The summed E-state index contributed by atoms with van der Waals surface area (Å²) >= 11 is 0.